The van der Waals surface area contributed by atoms with E-state index < -0.39 is 0 Å². The molecule has 0 aliphatic carbocycles. The Morgan fingerprint density at radius 3 is 3.08 bits per heavy atom. The van der Waals surface area contributed by atoms with Gasteiger partial charge in [0.05, 0.1) is 6.04 Å². The molecule has 1 heteroatoms. The smallest absolute Gasteiger partial charge is 0.0537 e. The molecular formula is C11H13N. The van der Waals surface area contributed by atoms with Crippen LogP contribution in [0, 0.1) is 0 Å². The zero-order valence-electron chi connectivity index (χ0n) is 7.33. The average Bonchev–Trinajstić information content (AvgIpc) is 2.17. The molecule has 0 N–H and O–H groups in total. The lowest BCUT2D eigenvalue weighted by molar-refractivity contribution is 0.644. The highest BCUT2D eigenvalue weighted by atomic mass is 14.8. The van der Waals surface area contributed by atoms with Crippen LogP contribution in [0.1, 0.15) is 24.5 Å². The van der Waals surface area contributed by atoms with Crippen molar-refractivity contribution in [2.75, 3.05) is 0 Å². The maximum Gasteiger partial charge on any atom is 0.0537 e. The molecule has 0 bridgehead atoms. The molecule has 0 aromatic heterocycles. The quantitative estimate of drug-likeness (QED) is 0.596. The minimum absolute atomic E-state index is 0.514. The third-order valence-electron chi connectivity index (χ3n) is 2.41. The standard InChI is InChI=1S/C11H13N/c1-2-11-7-9-5-3-4-6-10(9)8-12-11/h3-6,8,11H,2,7H2,1H3. The van der Waals surface area contributed by atoms with Gasteiger partial charge in [-0.15, -0.1) is 0 Å². The molecule has 0 radical (unpaired) electrons. The van der Waals surface area contributed by atoms with Crippen LogP contribution in [0.2, 0.25) is 0 Å². The molecule has 12 heavy (non-hydrogen) atoms. The first kappa shape index (κ1) is 7.53. The summed E-state index contributed by atoms with van der Waals surface area (Å²) in [4.78, 5) is 4.46. The highest BCUT2D eigenvalue weighted by molar-refractivity contribution is 5.83. The van der Waals surface area contributed by atoms with Gasteiger partial charge in [0.25, 0.3) is 0 Å². The van der Waals surface area contributed by atoms with E-state index in [1.165, 1.54) is 11.1 Å². The Morgan fingerprint density at radius 2 is 2.25 bits per heavy atom. The molecule has 1 aliphatic heterocycles. The van der Waals surface area contributed by atoms with Gasteiger partial charge < -0.3 is 0 Å². The van der Waals surface area contributed by atoms with Gasteiger partial charge in [-0.25, -0.2) is 0 Å². The predicted molar refractivity (Wildman–Crippen MR) is 51.8 cm³/mol. The van der Waals surface area contributed by atoms with Gasteiger partial charge in [0.2, 0.25) is 0 Å². The summed E-state index contributed by atoms with van der Waals surface area (Å²) in [5.74, 6) is 0. The van der Waals surface area contributed by atoms with Gasteiger partial charge in [0.15, 0.2) is 0 Å². The van der Waals surface area contributed by atoms with E-state index >= 15 is 0 Å². The number of nitrogens with zero attached hydrogens (tertiary/aromatic N) is 1. The number of aliphatic imine (C=N–C) groups is 1. The van der Waals surface area contributed by atoms with Crippen molar-refractivity contribution in [3.8, 4) is 0 Å². The van der Waals surface area contributed by atoms with E-state index in [0.717, 1.165) is 12.8 Å². The minimum Gasteiger partial charge on any atom is -0.289 e. The lowest BCUT2D eigenvalue weighted by atomic mass is 9.97. The number of hydrogen-bond acceptors (Lipinski definition) is 1. The molecule has 62 valence electrons. The van der Waals surface area contributed by atoms with E-state index in [4.69, 9.17) is 0 Å². The van der Waals surface area contributed by atoms with E-state index in [1.54, 1.807) is 0 Å². The molecule has 1 unspecified atom stereocenters. The first-order chi connectivity index (χ1) is 5.90. The number of benzene rings is 1. The van der Waals surface area contributed by atoms with Crippen LogP contribution < -0.4 is 0 Å². The summed E-state index contributed by atoms with van der Waals surface area (Å²) in [6.07, 6.45) is 4.26. The van der Waals surface area contributed by atoms with Gasteiger partial charge >= 0.3 is 0 Å². The highest BCUT2D eigenvalue weighted by Gasteiger charge is 2.11. The van der Waals surface area contributed by atoms with Crippen molar-refractivity contribution in [3.63, 3.8) is 0 Å². The van der Waals surface area contributed by atoms with Crippen molar-refractivity contribution in [3.05, 3.63) is 35.4 Å². The molecule has 0 amide bonds. The van der Waals surface area contributed by atoms with Crippen molar-refractivity contribution in [1.82, 2.24) is 0 Å². The molecule has 1 aromatic rings. The molecule has 0 saturated heterocycles. The molecule has 1 nitrogen and oxygen atoms in total. The second kappa shape index (κ2) is 3.10. The zero-order chi connectivity index (χ0) is 8.39. The molecule has 1 aromatic carbocycles. The second-order valence-corrected chi connectivity index (χ2v) is 3.24. The van der Waals surface area contributed by atoms with Crippen LogP contribution in [-0.2, 0) is 6.42 Å². The van der Waals surface area contributed by atoms with E-state index in [0.29, 0.717) is 6.04 Å². The van der Waals surface area contributed by atoms with E-state index in [1.807, 2.05) is 6.21 Å². The Morgan fingerprint density at radius 1 is 1.42 bits per heavy atom. The van der Waals surface area contributed by atoms with Crippen LogP contribution in [-0.4, -0.2) is 12.3 Å². The Labute approximate surface area is 73.1 Å². The largest absolute Gasteiger partial charge is 0.289 e. The fourth-order valence-corrected chi connectivity index (χ4v) is 1.59. The Hall–Kier alpha value is -1.11. The number of hydrogen-bond donors (Lipinski definition) is 0. The topological polar surface area (TPSA) is 12.4 Å². The minimum atomic E-state index is 0.514. The summed E-state index contributed by atoms with van der Waals surface area (Å²) < 4.78 is 0. The van der Waals surface area contributed by atoms with Crippen LogP contribution in [0.25, 0.3) is 0 Å². The van der Waals surface area contributed by atoms with Crippen molar-refractivity contribution < 1.29 is 0 Å². The van der Waals surface area contributed by atoms with Crippen molar-refractivity contribution in [2.45, 2.75) is 25.8 Å². The maximum atomic E-state index is 4.46. The zero-order valence-corrected chi connectivity index (χ0v) is 7.33. The second-order valence-electron chi connectivity index (χ2n) is 3.24. The summed E-state index contributed by atoms with van der Waals surface area (Å²) in [5.41, 5.74) is 2.74. The lowest BCUT2D eigenvalue weighted by Crippen LogP contribution is -2.13. The normalized spacial score (nSPS) is 20.6. The SMILES string of the molecule is CCC1Cc2ccccc2C=N1. The molecule has 0 fully saturated rings. The summed E-state index contributed by atoms with van der Waals surface area (Å²) in [7, 11) is 0. The molecule has 1 heterocycles. The first-order valence-corrected chi connectivity index (χ1v) is 4.51. The number of rotatable bonds is 1. The van der Waals surface area contributed by atoms with Gasteiger partial charge in [-0.1, -0.05) is 31.2 Å². The van der Waals surface area contributed by atoms with Crippen LogP contribution >= 0.6 is 0 Å². The Balaban J connectivity index is 2.33. The molecule has 1 atom stereocenters. The van der Waals surface area contributed by atoms with Crippen molar-refractivity contribution in [2.24, 2.45) is 4.99 Å². The highest BCUT2D eigenvalue weighted by Crippen LogP contribution is 2.17. The summed E-state index contributed by atoms with van der Waals surface area (Å²) in [6, 6.07) is 9.01. The van der Waals surface area contributed by atoms with E-state index in [9.17, 15) is 0 Å². The van der Waals surface area contributed by atoms with Crippen LogP contribution in [0.3, 0.4) is 0 Å². The number of fused-ring (bicyclic) bond motifs is 1. The molecule has 1 aliphatic rings. The van der Waals surface area contributed by atoms with Gasteiger partial charge in [0, 0.05) is 6.21 Å². The first-order valence-electron chi connectivity index (χ1n) is 4.51. The lowest BCUT2D eigenvalue weighted by Gasteiger charge is -2.16. The Kier molecular flexibility index (Phi) is 1.94. The van der Waals surface area contributed by atoms with Gasteiger partial charge in [-0.2, -0.15) is 0 Å². The van der Waals surface area contributed by atoms with Crippen LogP contribution in [0.5, 0.6) is 0 Å². The van der Waals surface area contributed by atoms with Gasteiger partial charge in [-0.3, -0.25) is 4.99 Å². The summed E-state index contributed by atoms with van der Waals surface area (Å²) in [6.45, 7) is 2.19. The molecular weight excluding hydrogens is 146 g/mol. The van der Waals surface area contributed by atoms with Crippen LogP contribution in [0.15, 0.2) is 29.3 Å². The average molecular weight is 159 g/mol. The molecule has 2 rings (SSSR count). The fraction of sp³-hybridized carbons (Fsp3) is 0.364. The van der Waals surface area contributed by atoms with E-state index in [-0.39, 0.29) is 0 Å². The summed E-state index contributed by atoms with van der Waals surface area (Å²) >= 11 is 0. The molecule has 0 saturated carbocycles. The maximum absolute atomic E-state index is 4.46. The summed E-state index contributed by atoms with van der Waals surface area (Å²) in [5, 5.41) is 0. The third kappa shape index (κ3) is 1.27. The van der Waals surface area contributed by atoms with Crippen LogP contribution in [0.4, 0.5) is 0 Å². The predicted octanol–water partition coefficient (Wildman–Crippen LogP) is 2.44. The monoisotopic (exact) mass is 159 g/mol. The van der Waals surface area contributed by atoms with Crippen molar-refractivity contribution in [1.29, 1.82) is 0 Å². The molecule has 0 spiro atoms. The third-order valence-corrected chi connectivity index (χ3v) is 2.41. The van der Waals surface area contributed by atoms with Crippen molar-refractivity contribution >= 4 is 6.21 Å². The van der Waals surface area contributed by atoms with E-state index in [2.05, 4.69) is 36.2 Å². The Bertz CT molecular complexity index is 302. The fourth-order valence-electron chi connectivity index (χ4n) is 1.59. The van der Waals surface area contributed by atoms with Gasteiger partial charge in [-0.05, 0) is 24.0 Å². The van der Waals surface area contributed by atoms with Gasteiger partial charge in [0.1, 0.15) is 0 Å².